The summed E-state index contributed by atoms with van der Waals surface area (Å²) in [6.45, 7) is 0.889. The van der Waals surface area contributed by atoms with Crippen molar-refractivity contribution in [3.8, 4) is 5.75 Å². The zero-order valence-electron chi connectivity index (χ0n) is 14.3. The molecule has 0 aromatic heterocycles. The zero-order chi connectivity index (χ0) is 18.7. The van der Waals surface area contributed by atoms with Crippen LogP contribution in [0.15, 0.2) is 53.4 Å². The minimum absolute atomic E-state index is 0.0765. The molecule has 6 nitrogen and oxygen atoms in total. The van der Waals surface area contributed by atoms with Gasteiger partial charge in [0.05, 0.1) is 12.0 Å². The van der Waals surface area contributed by atoms with Gasteiger partial charge in [-0.25, -0.2) is 12.8 Å². The second kappa shape index (κ2) is 7.43. The van der Waals surface area contributed by atoms with Crippen molar-refractivity contribution in [2.45, 2.75) is 4.90 Å². The van der Waals surface area contributed by atoms with Crippen molar-refractivity contribution in [2.75, 3.05) is 33.3 Å². The van der Waals surface area contributed by atoms with E-state index in [1.807, 2.05) is 0 Å². The Balaban J connectivity index is 1.67. The van der Waals surface area contributed by atoms with E-state index >= 15 is 0 Å². The maximum absolute atomic E-state index is 13.3. The number of rotatable bonds is 4. The van der Waals surface area contributed by atoms with E-state index in [1.54, 1.807) is 36.3 Å². The minimum atomic E-state index is -3.77. The average molecular weight is 378 g/mol. The monoisotopic (exact) mass is 378 g/mol. The van der Waals surface area contributed by atoms with Gasteiger partial charge in [0, 0.05) is 31.7 Å². The van der Waals surface area contributed by atoms with Gasteiger partial charge in [-0.2, -0.15) is 4.31 Å². The maximum atomic E-state index is 13.3. The summed E-state index contributed by atoms with van der Waals surface area (Å²) in [7, 11) is -2.22. The van der Waals surface area contributed by atoms with Crippen LogP contribution in [0.3, 0.4) is 0 Å². The van der Waals surface area contributed by atoms with Crippen LogP contribution in [0.25, 0.3) is 0 Å². The Hall–Kier alpha value is -2.45. The van der Waals surface area contributed by atoms with Crippen LogP contribution in [0.1, 0.15) is 10.4 Å². The van der Waals surface area contributed by atoms with Crippen LogP contribution in [-0.4, -0.2) is 56.8 Å². The lowest BCUT2D eigenvalue weighted by Crippen LogP contribution is -2.50. The fraction of sp³-hybridized carbons (Fsp3) is 0.278. The number of halogens is 1. The van der Waals surface area contributed by atoms with E-state index in [4.69, 9.17) is 4.74 Å². The van der Waals surface area contributed by atoms with Gasteiger partial charge in [-0.3, -0.25) is 4.79 Å². The molecule has 26 heavy (non-hydrogen) atoms. The lowest BCUT2D eigenvalue weighted by atomic mass is 10.2. The van der Waals surface area contributed by atoms with Gasteiger partial charge >= 0.3 is 0 Å². The van der Waals surface area contributed by atoms with Crippen LogP contribution in [0, 0.1) is 5.82 Å². The van der Waals surface area contributed by atoms with Gasteiger partial charge in [-0.15, -0.1) is 0 Å². The van der Waals surface area contributed by atoms with Crippen LogP contribution in [0.4, 0.5) is 4.39 Å². The molecule has 0 spiro atoms. The van der Waals surface area contributed by atoms with Gasteiger partial charge < -0.3 is 9.64 Å². The highest BCUT2D eigenvalue weighted by Gasteiger charge is 2.30. The summed E-state index contributed by atoms with van der Waals surface area (Å²) in [5.74, 6) is -0.0950. The standard InChI is InChI=1S/C18H19FN2O4S/c1-25-16-7-5-14(6-8-16)18(22)20-9-11-21(12-10-20)26(23,24)17-4-2-3-15(19)13-17/h2-8,13H,9-12H2,1H3. The molecule has 0 unspecified atom stereocenters. The molecular formula is C18H19FN2O4S. The number of nitrogens with zero attached hydrogens (tertiary/aromatic N) is 2. The van der Waals surface area contributed by atoms with Crippen molar-refractivity contribution < 1.29 is 22.3 Å². The number of hydrogen-bond acceptors (Lipinski definition) is 4. The molecule has 0 aliphatic carbocycles. The van der Waals surface area contributed by atoms with Gasteiger partial charge in [0.2, 0.25) is 10.0 Å². The molecule has 1 fully saturated rings. The molecule has 1 saturated heterocycles. The van der Waals surface area contributed by atoms with Crippen molar-refractivity contribution >= 4 is 15.9 Å². The van der Waals surface area contributed by atoms with Gasteiger partial charge in [-0.05, 0) is 42.5 Å². The highest BCUT2D eigenvalue weighted by molar-refractivity contribution is 7.89. The van der Waals surface area contributed by atoms with E-state index in [9.17, 15) is 17.6 Å². The van der Waals surface area contributed by atoms with Gasteiger partial charge in [-0.1, -0.05) is 6.07 Å². The molecule has 0 N–H and O–H groups in total. The first-order valence-electron chi connectivity index (χ1n) is 8.11. The number of carbonyl (C=O) groups excluding carboxylic acids is 1. The van der Waals surface area contributed by atoms with Crippen molar-refractivity contribution in [1.29, 1.82) is 0 Å². The first kappa shape index (κ1) is 18.3. The molecule has 1 aliphatic rings. The molecule has 3 rings (SSSR count). The van der Waals surface area contributed by atoms with E-state index in [0.29, 0.717) is 11.3 Å². The van der Waals surface area contributed by atoms with Crippen LogP contribution in [0.2, 0.25) is 0 Å². The summed E-state index contributed by atoms with van der Waals surface area (Å²) in [4.78, 5) is 14.1. The maximum Gasteiger partial charge on any atom is 0.253 e. The molecule has 1 aliphatic heterocycles. The summed E-state index contributed by atoms with van der Waals surface area (Å²) >= 11 is 0. The number of sulfonamides is 1. The smallest absolute Gasteiger partial charge is 0.253 e. The number of amides is 1. The molecule has 0 radical (unpaired) electrons. The second-order valence-corrected chi connectivity index (χ2v) is 7.82. The topological polar surface area (TPSA) is 66.9 Å². The molecule has 1 amide bonds. The zero-order valence-corrected chi connectivity index (χ0v) is 15.1. The third-order valence-electron chi connectivity index (χ3n) is 4.30. The molecule has 0 bridgehead atoms. The molecular weight excluding hydrogens is 359 g/mol. The third kappa shape index (κ3) is 3.71. The molecule has 0 atom stereocenters. The Morgan fingerprint density at radius 3 is 2.27 bits per heavy atom. The lowest BCUT2D eigenvalue weighted by molar-refractivity contribution is 0.0698. The largest absolute Gasteiger partial charge is 0.497 e. The van der Waals surface area contributed by atoms with Crippen molar-refractivity contribution in [2.24, 2.45) is 0 Å². The van der Waals surface area contributed by atoms with Crippen molar-refractivity contribution in [3.05, 3.63) is 59.9 Å². The highest BCUT2D eigenvalue weighted by atomic mass is 32.2. The number of methoxy groups -OCH3 is 1. The van der Waals surface area contributed by atoms with Gasteiger partial charge in [0.15, 0.2) is 0 Å². The number of carbonyl (C=O) groups is 1. The predicted molar refractivity (Wildman–Crippen MR) is 94.1 cm³/mol. The van der Waals surface area contributed by atoms with Crippen LogP contribution < -0.4 is 4.74 Å². The number of piperazine rings is 1. The van der Waals surface area contributed by atoms with Crippen LogP contribution in [0.5, 0.6) is 5.75 Å². The lowest BCUT2D eigenvalue weighted by Gasteiger charge is -2.34. The first-order chi connectivity index (χ1) is 12.4. The summed E-state index contributed by atoms with van der Waals surface area (Å²) in [5, 5.41) is 0. The Morgan fingerprint density at radius 2 is 1.69 bits per heavy atom. The Kier molecular flexibility index (Phi) is 5.24. The fourth-order valence-electron chi connectivity index (χ4n) is 2.82. The quantitative estimate of drug-likeness (QED) is 0.816. The predicted octanol–water partition coefficient (Wildman–Crippen LogP) is 1.98. The van der Waals surface area contributed by atoms with E-state index < -0.39 is 15.8 Å². The first-order valence-corrected chi connectivity index (χ1v) is 9.55. The highest BCUT2D eigenvalue weighted by Crippen LogP contribution is 2.20. The Bertz CT molecular complexity index is 892. The van der Waals surface area contributed by atoms with Crippen LogP contribution >= 0.6 is 0 Å². The number of hydrogen-bond donors (Lipinski definition) is 0. The van der Waals surface area contributed by atoms with E-state index in [1.165, 1.54) is 22.5 Å². The normalized spacial score (nSPS) is 15.7. The minimum Gasteiger partial charge on any atom is -0.497 e. The van der Waals surface area contributed by atoms with E-state index in [0.717, 1.165) is 6.07 Å². The summed E-state index contributed by atoms with van der Waals surface area (Å²) in [6, 6.07) is 11.7. The SMILES string of the molecule is COc1ccc(C(=O)N2CCN(S(=O)(=O)c3cccc(F)c3)CC2)cc1. The molecule has 138 valence electrons. The van der Waals surface area contributed by atoms with Gasteiger partial charge in [0.25, 0.3) is 5.91 Å². The Morgan fingerprint density at radius 1 is 1.04 bits per heavy atom. The number of ether oxygens (including phenoxy) is 1. The summed E-state index contributed by atoms with van der Waals surface area (Å²) < 4.78 is 44.9. The molecule has 0 saturated carbocycles. The number of benzene rings is 2. The third-order valence-corrected chi connectivity index (χ3v) is 6.19. The molecule has 2 aromatic carbocycles. The molecule has 1 heterocycles. The average Bonchev–Trinajstić information content (AvgIpc) is 2.67. The Labute approximate surface area is 151 Å². The van der Waals surface area contributed by atoms with E-state index in [-0.39, 0.29) is 37.0 Å². The fourth-order valence-corrected chi connectivity index (χ4v) is 4.28. The molecule has 8 heteroatoms. The van der Waals surface area contributed by atoms with Crippen molar-refractivity contribution in [3.63, 3.8) is 0 Å². The van der Waals surface area contributed by atoms with Crippen LogP contribution in [-0.2, 0) is 10.0 Å². The molecule has 2 aromatic rings. The summed E-state index contributed by atoms with van der Waals surface area (Å²) in [6.07, 6.45) is 0. The second-order valence-electron chi connectivity index (χ2n) is 5.88. The van der Waals surface area contributed by atoms with Gasteiger partial charge in [0.1, 0.15) is 11.6 Å². The summed E-state index contributed by atoms with van der Waals surface area (Å²) in [5.41, 5.74) is 0.521. The van der Waals surface area contributed by atoms with E-state index in [2.05, 4.69) is 0 Å². The van der Waals surface area contributed by atoms with Crippen molar-refractivity contribution in [1.82, 2.24) is 9.21 Å².